The molecule has 9 nitrogen and oxygen atoms in total. The van der Waals surface area contributed by atoms with E-state index < -0.39 is 16.1 Å². The fourth-order valence-electron chi connectivity index (χ4n) is 3.55. The van der Waals surface area contributed by atoms with Crippen LogP contribution in [-0.4, -0.2) is 46.5 Å². The van der Waals surface area contributed by atoms with Crippen molar-refractivity contribution >= 4 is 33.9 Å². The first-order valence-corrected chi connectivity index (χ1v) is 12.2. The highest BCUT2D eigenvalue weighted by atomic mass is 32.2. The van der Waals surface area contributed by atoms with Crippen LogP contribution in [-0.2, 0) is 20.2 Å². The molecule has 1 aliphatic rings. The van der Waals surface area contributed by atoms with E-state index in [-0.39, 0.29) is 24.3 Å². The van der Waals surface area contributed by atoms with Gasteiger partial charge in [0.05, 0.1) is 19.6 Å². The number of hydrazone groups is 1. The van der Waals surface area contributed by atoms with Crippen molar-refractivity contribution in [3.63, 3.8) is 0 Å². The number of imide groups is 1. The molecular formula is C23H28N4O5S. The highest BCUT2D eigenvalue weighted by molar-refractivity contribution is 7.88. The third kappa shape index (κ3) is 5.89. The summed E-state index contributed by atoms with van der Waals surface area (Å²) >= 11 is 0. The number of urea groups is 1. The number of methoxy groups -OCH3 is 1. The number of carbonyl (C=O) groups is 2. The standard InChI is InChI=1S/C23H28N4O5S/c1-23(2,3)19-13-17(27-10-9-20(28)25-22(27)29)12-18(21(19)32-4)16-8-6-7-15(11-16)14-24-26-33(5,30)31/h6-8,11-14,26H,9-10H2,1-5H3,(H,25,28,29)/b24-14+. The minimum Gasteiger partial charge on any atom is -0.496 e. The van der Waals surface area contributed by atoms with Gasteiger partial charge in [-0.15, -0.1) is 0 Å². The van der Waals surface area contributed by atoms with Gasteiger partial charge in [0.2, 0.25) is 15.9 Å². The largest absolute Gasteiger partial charge is 0.496 e. The van der Waals surface area contributed by atoms with Crippen molar-refractivity contribution in [1.82, 2.24) is 10.1 Å². The van der Waals surface area contributed by atoms with Crippen molar-refractivity contribution < 1.29 is 22.7 Å². The lowest BCUT2D eigenvalue weighted by Crippen LogP contribution is -2.49. The lowest BCUT2D eigenvalue weighted by Gasteiger charge is -2.31. The van der Waals surface area contributed by atoms with Crippen molar-refractivity contribution in [2.75, 3.05) is 24.8 Å². The number of benzene rings is 2. The van der Waals surface area contributed by atoms with Crippen LogP contribution in [0.4, 0.5) is 10.5 Å². The van der Waals surface area contributed by atoms with Gasteiger partial charge in [-0.2, -0.15) is 5.10 Å². The Bertz CT molecular complexity index is 1220. The molecule has 1 aliphatic heterocycles. The Morgan fingerprint density at radius 2 is 1.91 bits per heavy atom. The zero-order valence-corrected chi connectivity index (χ0v) is 20.1. The van der Waals surface area contributed by atoms with Gasteiger partial charge in [0, 0.05) is 29.8 Å². The van der Waals surface area contributed by atoms with Gasteiger partial charge in [-0.05, 0) is 34.7 Å². The van der Waals surface area contributed by atoms with Crippen LogP contribution in [0.3, 0.4) is 0 Å². The van der Waals surface area contributed by atoms with E-state index in [1.54, 1.807) is 18.1 Å². The Morgan fingerprint density at radius 3 is 2.52 bits per heavy atom. The number of rotatable bonds is 6. The molecule has 3 amide bonds. The molecule has 2 aromatic carbocycles. The second-order valence-corrected chi connectivity index (χ2v) is 10.6. The molecule has 0 atom stereocenters. The molecule has 1 heterocycles. The molecule has 0 bridgehead atoms. The van der Waals surface area contributed by atoms with Crippen molar-refractivity contribution in [2.24, 2.45) is 5.10 Å². The van der Waals surface area contributed by atoms with Crippen molar-refractivity contribution in [1.29, 1.82) is 0 Å². The van der Waals surface area contributed by atoms with Crippen LogP contribution in [0.25, 0.3) is 11.1 Å². The summed E-state index contributed by atoms with van der Waals surface area (Å²) in [6.07, 6.45) is 2.65. The number of carbonyl (C=O) groups excluding carboxylic acids is 2. The summed E-state index contributed by atoms with van der Waals surface area (Å²) in [6, 6.07) is 10.7. The smallest absolute Gasteiger partial charge is 0.328 e. The molecule has 0 aliphatic carbocycles. The lowest BCUT2D eigenvalue weighted by molar-refractivity contribution is -0.120. The van der Waals surface area contributed by atoms with E-state index >= 15 is 0 Å². The molecule has 33 heavy (non-hydrogen) atoms. The SMILES string of the molecule is COc1c(-c2cccc(/C=N/NS(C)(=O)=O)c2)cc(N2CCC(=O)NC2=O)cc1C(C)(C)C. The van der Waals surface area contributed by atoms with E-state index in [1.165, 1.54) is 6.21 Å². The van der Waals surface area contributed by atoms with Gasteiger partial charge >= 0.3 is 6.03 Å². The number of nitrogens with zero attached hydrogens (tertiary/aromatic N) is 2. The fourth-order valence-corrected chi connectivity index (χ4v) is 3.80. The van der Waals surface area contributed by atoms with Crippen LogP contribution in [0.5, 0.6) is 5.75 Å². The van der Waals surface area contributed by atoms with Crippen LogP contribution in [0, 0.1) is 0 Å². The maximum atomic E-state index is 12.5. The predicted octanol–water partition coefficient (Wildman–Crippen LogP) is 2.99. The molecule has 1 saturated heterocycles. The molecule has 3 rings (SSSR count). The fraction of sp³-hybridized carbons (Fsp3) is 0.348. The summed E-state index contributed by atoms with van der Waals surface area (Å²) in [5.74, 6) is 0.374. The van der Waals surface area contributed by atoms with Gasteiger partial charge < -0.3 is 4.74 Å². The molecule has 0 aromatic heterocycles. The quantitative estimate of drug-likeness (QED) is 0.495. The monoisotopic (exact) mass is 472 g/mol. The second-order valence-electron chi connectivity index (χ2n) is 8.83. The number of ether oxygens (including phenoxy) is 1. The summed E-state index contributed by atoms with van der Waals surface area (Å²) in [5.41, 5.74) is 3.50. The third-order valence-electron chi connectivity index (χ3n) is 5.08. The Morgan fingerprint density at radius 1 is 1.18 bits per heavy atom. The van der Waals surface area contributed by atoms with Crippen molar-refractivity contribution in [3.05, 3.63) is 47.5 Å². The normalized spacial score (nSPS) is 15.0. The molecule has 2 N–H and O–H groups in total. The zero-order chi connectivity index (χ0) is 24.4. The summed E-state index contributed by atoms with van der Waals surface area (Å²) in [4.78, 5) is 27.8. The number of hydrogen-bond donors (Lipinski definition) is 2. The molecular weight excluding hydrogens is 444 g/mol. The summed E-state index contributed by atoms with van der Waals surface area (Å²) in [7, 11) is -1.85. The average molecular weight is 473 g/mol. The van der Waals surface area contributed by atoms with Crippen LogP contribution in [0.15, 0.2) is 41.5 Å². The Hall–Kier alpha value is -3.40. The van der Waals surface area contributed by atoms with Crippen molar-refractivity contribution in [2.45, 2.75) is 32.6 Å². The summed E-state index contributed by atoms with van der Waals surface area (Å²) in [5, 5.41) is 6.13. The highest BCUT2D eigenvalue weighted by Crippen LogP contribution is 2.42. The van der Waals surface area contributed by atoms with E-state index in [0.717, 1.165) is 22.9 Å². The average Bonchev–Trinajstić information content (AvgIpc) is 2.71. The van der Waals surface area contributed by atoms with Gasteiger partial charge in [-0.3, -0.25) is 15.0 Å². The molecule has 0 unspecified atom stereocenters. The maximum absolute atomic E-state index is 12.5. The van der Waals surface area contributed by atoms with Gasteiger partial charge in [-0.25, -0.2) is 18.0 Å². The first-order valence-electron chi connectivity index (χ1n) is 10.3. The van der Waals surface area contributed by atoms with Gasteiger partial charge in [0.15, 0.2) is 0 Å². The topological polar surface area (TPSA) is 117 Å². The molecule has 176 valence electrons. The predicted molar refractivity (Wildman–Crippen MR) is 128 cm³/mol. The van der Waals surface area contributed by atoms with E-state index in [1.807, 2.05) is 30.3 Å². The molecule has 10 heteroatoms. The number of sulfonamides is 1. The number of nitrogens with one attached hydrogen (secondary N) is 2. The first kappa shape index (κ1) is 24.2. The Labute approximate surface area is 193 Å². The Balaban J connectivity index is 2.13. The molecule has 2 aromatic rings. The zero-order valence-electron chi connectivity index (χ0n) is 19.3. The number of anilines is 1. The van der Waals surface area contributed by atoms with E-state index in [0.29, 0.717) is 17.0 Å². The first-order chi connectivity index (χ1) is 15.4. The van der Waals surface area contributed by atoms with Crippen LogP contribution in [0.1, 0.15) is 38.3 Å². The number of amides is 3. The maximum Gasteiger partial charge on any atom is 0.328 e. The molecule has 1 fully saturated rings. The lowest BCUT2D eigenvalue weighted by atomic mass is 9.83. The van der Waals surface area contributed by atoms with E-state index in [9.17, 15) is 18.0 Å². The molecule has 0 spiro atoms. The van der Waals surface area contributed by atoms with Gasteiger partial charge in [0.1, 0.15) is 5.75 Å². The van der Waals surface area contributed by atoms with E-state index in [2.05, 4.69) is 36.0 Å². The summed E-state index contributed by atoms with van der Waals surface area (Å²) < 4.78 is 28.3. The summed E-state index contributed by atoms with van der Waals surface area (Å²) in [6.45, 7) is 6.44. The molecule has 0 saturated carbocycles. The van der Waals surface area contributed by atoms with Crippen molar-refractivity contribution in [3.8, 4) is 16.9 Å². The van der Waals surface area contributed by atoms with Gasteiger partial charge in [-0.1, -0.05) is 39.0 Å². The van der Waals surface area contributed by atoms with E-state index in [4.69, 9.17) is 4.74 Å². The van der Waals surface area contributed by atoms with Crippen LogP contribution >= 0.6 is 0 Å². The highest BCUT2D eigenvalue weighted by Gasteiger charge is 2.29. The minimum atomic E-state index is -3.45. The second kappa shape index (κ2) is 9.22. The van der Waals surface area contributed by atoms with Crippen LogP contribution < -0.4 is 19.8 Å². The minimum absolute atomic E-state index is 0.219. The third-order valence-corrected chi connectivity index (χ3v) is 5.52. The van der Waals surface area contributed by atoms with Gasteiger partial charge in [0.25, 0.3) is 0 Å². The Kier molecular flexibility index (Phi) is 6.78. The van der Waals surface area contributed by atoms with Crippen LogP contribution in [0.2, 0.25) is 0 Å². The molecule has 0 radical (unpaired) electrons. The number of hydrogen-bond acceptors (Lipinski definition) is 6.